The highest BCUT2D eigenvalue weighted by atomic mass is 32.2. The molecule has 12 heteroatoms. The Bertz CT molecular complexity index is 1150. The molecule has 7 nitrogen and oxygen atoms in total. The van der Waals surface area contributed by atoms with Crippen molar-refractivity contribution in [2.45, 2.75) is 12.8 Å². The van der Waals surface area contributed by atoms with Crippen LogP contribution in [0.1, 0.15) is 0 Å². The largest absolute Gasteiger partial charge is 0.451 e. The van der Waals surface area contributed by atoms with Crippen molar-refractivity contribution >= 4 is 26.9 Å². The minimum absolute atomic E-state index is 0.0498. The normalized spacial score (nSPS) is 13.1. The summed E-state index contributed by atoms with van der Waals surface area (Å²) in [4.78, 5) is 0. The van der Waals surface area contributed by atoms with E-state index >= 15 is 0 Å². The van der Waals surface area contributed by atoms with Crippen molar-refractivity contribution in [2.24, 2.45) is 7.05 Å². The molecule has 3 rings (SSSR count). The van der Waals surface area contributed by atoms with Crippen LogP contribution in [0.5, 0.6) is 5.75 Å². The molecule has 1 aromatic heterocycles. The van der Waals surface area contributed by atoms with E-state index in [1.807, 2.05) is 0 Å². The summed E-state index contributed by atoms with van der Waals surface area (Å²) < 4.78 is 86.2. The molecule has 2 N–H and O–H groups in total. The molecule has 0 bridgehead atoms. The van der Waals surface area contributed by atoms with Crippen molar-refractivity contribution in [3.05, 3.63) is 42.2 Å². The number of hydrogen-bond donors (Lipinski definition) is 2. The molecule has 0 saturated heterocycles. The van der Waals surface area contributed by atoms with Gasteiger partial charge in [-0.2, -0.15) is 17.9 Å². The van der Waals surface area contributed by atoms with Gasteiger partial charge in [0.2, 0.25) is 0 Å². The lowest BCUT2D eigenvalue weighted by Crippen LogP contribution is -2.26. The molecule has 0 aliphatic rings. The van der Waals surface area contributed by atoms with Crippen LogP contribution in [0.3, 0.4) is 0 Å². The highest BCUT2D eigenvalue weighted by Crippen LogP contribution is 2.36. The van der Waals surface area contributed by atoms with Gasteiger partial charge in [-0.15, -0.1) is 0 Å². The molecule has 29 heavy (non-hydrogen) atoms. The van der Waals surface area contributed by atoms with Crippen molar-refractivity contribution < 1.29 is 30.7 Å². The van der Waals surface area contributed by atoms with E-state index in [2.05, 4.69) is 19.3 Å². The van der Waals surface area contributed by atoms with Gasteiger partial charge in [0.15, 0.2) is 17.4 Å². The first-order valence-electron chi connectivity index (χ1n) is 8.18. The number of nitrogens with zero attached hydrogens (tertiary/aromatic N) is 2. The second kappa shape index (κ2) is 7.87. The average molecular weight is 432 g/mol. The van der Waals surface area contributed by atoms with Crippen LogP contribution in [0.25, 0.3) is 22.0 Å². The second-order valence-electron chi connectivity index (χ2n) is 5.93. The highest BCUT2D eigenvalue weighted by molar-refractivity contribution is 7.90. The molecule has 0 spiro atoms. The van der Waals surface area contributed by atoms with Crippen LogP contribution < -0.4 is 14.2 Å². The van der Waals surface area contributed by atoms with E-state index in [1.165, 1.54) is 42.1 Å². The molecule has 1 unspecified atom stereocenters. The van der Waals surface area contributed by atoms with Gasteiger partial charge in [0.25, 0.3) is 16.6 Å². The van der Waals surface area contributed by atoms with Gasteiger partial charge in [0.05, 0.1) is 5.52 Å². The van der Waals surface area contributed by atoms with E-state index in [4.69, 9.17) is 0 Å². The summed E-state index contributed by atoms with van der Waals surface area (Å²) in [5.41, 5.74) is 0.838. The first-order chi connectivity index (χ1) is 13.6. The van der Waals surface area contributed by atoms with Gasteiger partial charge in [-0.25, -0.2) is 17.9 Å². The smallest absolute Gasteiger partial charge is 0.304 e. The van der Waals surface area contributed by atoms with Crippen LogP contribution >= 0.6 is 0 Å². The average Bonchev–Trinajstić information content (AvgIpc) is 2.97. The molecule has 3 aromatic rings. The summed E-state index contributed by atoms with van der Waals surface area (Å²) in [7, 11) is -1.02. The Hall–Kier alpha value is -2.86. The van der Waals surface area contributed by atoms with Gasteiger partial charge in [0.1, 0.15) is 0 Å². The molecular weight excluding hydrogens is 416 g/mol. The number of aryl methyl sites for hydroxylation is 1. The number of halogens is 4. The standard InChI is InChI=1S/C17H16F4N4O3S/c1-22-29(26,27)24-17-11-7-6-9(8-13(11)25(2)23-17)10-4-3-5-12(18)14(10)28-16(21)15(19)20/h3-8,15-16,22H,1-2H3,(H,23,24). The minimum atomic E-state index is -3.81. The molecule has 0 aliphatic carbocycles. The summed E-state index contributed by atoms with van der Waals surface area (Å²) >= 11 is 0. The first kappa shape index (κ1) is 20.9. The minimum Gasteiger partial charge on any atom is -0.451 e. The topological polar surface area (TPSA) is 85.3 Å². The fourth-order valence-corrected chi connectivity index (χ4v) is 3.21. The lowest BCUT2D eigenvalue weighted by molar-refractivity contribution is -0.0681. The first-order valence-corrected chi connectivity index (χ1v) is 9.67. The molecule has 0 radical (unpaired) electrons. The second-order valence-corrected chi connectivity index (χ2v) is 7.55. The fourth-order valence-electron chi connectivity index (χ4n) is 2.70. The Kier molecular flexibility index (Phi) is 5.66. The Labute approximate surface area is 163 Å². The summed E-state index contributed by atoms with van der Waals surface area (Å²) in [5.74, 6) is -1.60. The number of alkyl halides is 3. The maximum atomic E-state index is 14.1. The van der Waals surface area contributed by atoms with Crippen LogP contribution in [0, 0.1) is 5.82 Å². The van der Waals surface area contributed by atoms with Crippen molar-refractivity contribution in [3.63, 3.8) is 0 Å². The van der Waals surface area contributed by atoms with E-state index in [-0.39, 0.29) is 11.4 Å². The maximum absolute atomic E-state index is 14.1. The number of rotatable bonds is 7. The predicted molar refractivity (Wildman–Crippen MR) is 99.2 cm³/mol. The highest BCUT2D eigenvalue weighted by Gasteiger charge is 2.25. The fraction of sp³-hybridized carbons (Fsp3) is 0.235. The van der Waals surface area contributed by atoms with E-state index < -0.39 is 34.6 Å². The van der Waals surface area contributed by atoms with Crippen LogP contribution in [0.15, 0.2) is 36.4 Å². The van der Waals surface area contributed by atoms with Crippen LogP contribution in [0.4, 0.5) is 23.4 Å². The number of fused-ring (bicyclic) bond motifs is 1. The van der Waals surface area contributed by atoms with Crippen molar-refractivity contribution in [1.29, 1.82) is 0 Å². The zero-order chi connectivity index (χ0) is 21.3. The number of ether oxygens (including phenoxy) is 1. The van der Waals surface area contributed by atoms with Gasteiger partial charge in [-0.05, 0) is 23.8 Å². The molecule has 0 fully saturated rings. The number of hydrogen-bond acceptors (Lipinski definition) is 4. The van der Waals surface area contributed by atoms with Crippen LogP contribution in [-0.2, 0) is 17.3 Å². The summed E-state index contributed by atoms with van der Waals surface area (Å²) in [6.07, 6.45) is -6.43. The van der Waals surface area contributed by atoms with Gasteiger partial charge >= 0.3 is 6.43 Å². The molecule has 2 aromatic carbocycles. The number of benzene rings is 2. The third kappa shape index (κ3) is 4.27. The monoisotopic (exact) mass is 432 g/mol. The van der Waals surface area contributed by atoms with Gasteiger partial charge in [-0.3, -0.25) is 9.40 Å². The van der Waals surface area contributed by atoms with Gasteiger partial charge < -0.3 is 4.74 Å². The zero-order valence-electron chi connectivity index (χ0n) is 15.2. The van der Waals surface area contributed by atoms with Crippen molar-refractivity contribution in [3.8, 4) is 16.9 Å². The molecular formula is C17H16F4N4O3S. The quantitative estimate of drug-likeness (QED) is 0.562. The number of aromatic nitrogens is 2. The van der Waals surface area contributed by atoms with Gasteiger partial charge in [-0.1, -0.05) is 18.2 Å². The molecule has 0 saturated carbocycles. The third-order valence-electron chi connectivity index (χ3n) is 4.06. The number of para-hydroxylation sites is 1. The Morgan fingerprint density at radius 2 is 1.90 bits per heavy atom. The summed E-state index contributed by atoms with van der Waals surface area (Å²) in [5, 5.41) is 4.53. The van der Waals surface area contributed by atoms with Gasteiger partial charge in [0, 0.05) is 25.0 Å². The summed E-state index contributed by atoms with van der Waals surface area (Å²) in [6, 6.07) is 8.20. The zero-order valence-corrected chi connectivity index (χ0v) is 16.0. The molecule has 0 amide bonds. The maximum Gasteiger partial charge on any atom is 0.304 e. The van der Waals surface area contributed by atoms with E-state index in [0.717, 1.165) is 6.07 Å². The third-order valence-corrected chi connectivity index (χ3v) is 5.06. The van der Waals surface area contributed by atoms with Crippen LogP contribution in [-0.4, -0.2) is 38.0 Å². The molecule has 156 valence electrons. The lowest BCUT2D eigenvalue weighted by atomic mass is 10.0. The number of anilines is 1. The molecule has 1 atom stereocenters. The van der Waals surface area contributed by atoms with E-state index in [9.17, 15) is 26.0 Å². The molecule has 1 heterocycles. The Morgan fingerprint density at radius 1 is 1.17 bits per heavy atom. The number of nitrogens with one attached hydrogen (secondary N) is 2. The summed E-state index contributed by atoms with van der Waals surface area (Å²) in [6.45, 7) is 0. The lowest BCUT2D eigenvalue weighted by Gasteiger charge is -2.15. The predicted octanol–water partition coefficient (Wildman–Crippen LogP) is 3.20. The molecule has 0 aliphatic heterocycles. The van der Waals surface area contributed by atoms with Crippen molar-refractivity contribution in [2.75, 3.05) is 11.8 Å². The SMILES string of the molecule is CNS(=O)(=O)Nc1nn(C)c2cc(-c3cccc(F)c3OC(F)C(F)F)ccc12. The Balaban J connectivity index is 2.08. The van der Waals surface area contributed by atoms with Crippen molar-refractivity contribution in [1.82, 2.24) is 14.5 Å². The van der Waals surface area contributed by atoms with E-state index in [0.29, 0.717) is 16.5 Å². The van der Waals surface area contributed by atoms with Crippen LogP contribution in [0.2, 0.25) is 0 Å². The Morgan fingerprint density at radius 3 is 2.55 bits per heavy atom. The van der Waals surface area contributed by atoms with E-state index in [1.54, 1.807) is 7.05 Å².